The van der Waals surface area contributed by atoms with E-state index in [1.807, 2.05) is 37.3 Å². The van der Waals surface area contributed by atoms with Crippen molar-refractivity contribution in [2.75, 3.05) is 11.9 Å². The van der Waals surface area contributed by atoms with Crippen molar-refractivity contribution >= 4 is 23.5 Å². The first-order chi connectivity index (χ1) is 14.5. The van der Waals surface area contributed by atoms with E-state index in [1.54, 1.807) is 36.4 Å². The largest absolute Gasteiger partial charge is 0.452 e. The number of hydrogen-bond donors (Lipinski definition) is 2. The Labute approximate surface area is 174 Å². The van der Waals surface area contributed by atoms with Crippen LogP contribution in [-0.2, 0) is 9.53 Å². The maximum atomic E-state index is 12.7. The number of pyridine rings is 1. The van der Waals surface area contributed by atoms with Gasteiger partial charge < -0.3 is 15.4 Å². The summed E-state index contributed by atoms with van der Waals surface area (Å²) in [5.74, 6) is -1.53. The summed E-state index contributed by atoms with van der Waals surface area (Å²) in [6.07, 6.45) is 2.89. The molecule has 3 aromatic rings. The van der Waals surface area contributed by atoms with E-state index in [0.717, 1.165) is 5.56 Å². The fourth-order valence-corrected chi connectivity index (χ4v) is 2.77. The van der Waals surface area contributed by atoms with Gasteiger partial charge in [-0.05, 0) is 36.8 Å². The molecular formula is C23H21N3O4. The lowest BCUT2D eigenvalue weighted by molar-refractivity contribution is -0.119. The SMILES string of the molecule is C[C@H](NC(=O)c1ccccc1NC(=O)COC(=O)c1cccnc1)c1ccccc1. The van der Waals surface area contributed by atoms with Crippen molar-refractivity contribution < 1.29 is 19.1 Å². The summed E-state index contributed by atoms with van der Waals surface area (Å²) in [7, 11) is 0. The van der Waals surface area contributed by atoms with Gasteiger partial charge in [-0.25, -0.2) is 4.79 Å². The Hall–Kier alpha value is -4.00. The van der Waals surface area contributed by atoms with Crippen LogP contribution >= 0.6 is 0 Å². The zero-order valence-corrected chi connectivity index (χ0v) is 16.4. The van der Waals surface area contributed by atoms with Crippen LogP contribution in [0.15, 0.2) is 79.1 Å². The first-order valence-electron chi connectivity index (χ1n) is 9.36. The van der Waals surface area contributed by atoms with Crippen molar-refractivity contribution in [3.8, 4) is 0 Å². The second-order valence-corrected chi connectivity index (χ2v) is 6.52. The number of rotatable bonds is 7. The Kier molecular flexibility index (Phi) is 6.89. The van der Waals surface area contributed by atoms with Gasteiger partial charge in [-0.2, -0.15) is 0 Å². The number of benzene rings is 2. The Bertz CT molecular complexity index is 1020. The van der Waals surface area contributed by atoms with Gasteiger partial charge in [0.25, 0.3) is 11.8 Å². The number of aromatic nitrogens is 1. The summed E-state index contributed by atoms with van der Waals surface area (Å²) in [4.78, 5) is 40.7. The Morgan fingerprint density at radius 1 is 0.967 bits per heavy atom. The molecule has 30 heavy (non-hydrogen) atoms. The van der Waals surface area contributed by atoms with Crippen LogP contribution in [0.3, 0.4) is 0 Å². The third-order valence-electron chi connectivity index (χ3n) is 4.32. The predicted octanol–water partition coefficient (Wildman–Crippen LogP) is 3.37. The van der Waals surface area contributed by atoms with Crippen LogP contribution in [0.5, 0.6) is 0 Å². The third kappa shape index (κ3) is 5.51. The van der Waals surface area contributed by atoms with Gasteiger partial charge in [0, 0.05) is 12.4 Å². The Morgan fingerprint density at radius 3 is 2.43 bits per heavy atom. The third-order valence-corrected chi connectivity index (χ3v) is 4.32. The van der Waals surface area contributed by atoms with Gasteiger partial charge in [0.1, 0.15) is 0 Å². The number of nitrogens with one attached hydrogen (secondary N) is 2. The summed E-state index contributed by atoms with van der Waals surface area (Å²) < 4.78 is 4.99. The number of hydrogen-bond acceptors (Lipinski definition) is 5. The second-order valence-electron chi connectivity index (χ2n) is 6.52. The molecule has 0 aliphatic carbocycles. The van der Waals surface area contributed by atoms with Crippen molar-refractivity contribution in [1.82, 2.24) is 10.3 Å². The Balaban J connectivity index is 1.61. The number of nitrogens with zero attached hydrogens (tertiary/aromatic N) is 1. The molecular weight excluding hydrogens is 382 g/mol. The van der Waals surface area contributed by atoms with E-state index in [-0.39, 0.29) is 17.5 Å². The normalized spacial score (nSPS) is 11.2. The van der Waals surface area contributed by atoms with E-state index in [2.05, 4.69) is 15.6 Å². The molecule has 0 saturated heterocycles. The smallest absolute Gasteiger partial charge is 0.340 e. The van der Waals surface area contributed by atoms with E-state index < -0.39 is 18.5 Å². The van der Waals surface area contributed by atoms with Crippen molar-refractivity contribution in [3.05, 3.63) is 95.8 Å². The van der Waals surface area contributed by atoms with Gasteiger partial charge >= 0.3 is 5.97 Å². The minimum Gasteiger partial charge on any atom is -0.452 e. The standard InChI is InChI=1S/C23H21N3O4/c1-16(17-8-3-2-4-9-17)25-22(28)19-11-5-6-12-20(19)26-21(27)15-30-23(29)18-10-7-13-24-14-18/h2-14,16H,15H2,1H3,(H,25,28)(H,26,27)/t16-/m0/s1. The summed E-state index contributed by atoms with van der Waals surface area (Å²) >= 11 is 0. The molecule has 0 unspecified atom stereocenters. The summed E-state index contributed by atoms with van der Waals surface area (Å²) in [5.41, 5.74) is 1.86. The lowest BCUT2D eigenvalue weighted by atomic mass is 10.1. The number of carbonyl (C=O) groups excluding carboxylic acids is 3. The Morgan fingerprint density at radius 2 is 1.70 bits per heavy atom. The highest BCUT2D eigenvalue weighted by Gasteiger charge is 2.17. The predicted molar refractivity (Wildman–Crippen MR) is 112 cm³/mol. The molecule has 2 N–H and O–H groups in total. The maximum absolute atomic E-state index is 12.7. The molecule has 0 radical (unpaired) electrons. The van der Waals surface area contributed by atoms with E-state index in [4.69, 9.17) is 4.74 Å². The fraction of sp³-hybridized carbons (Fsp3) is 0.130. The molecule has 152 valence electrons. The van der Waals surface area contributed by atoms with Gasteiger partial charge in [0.2, 0.25) is 0 Å². The number of ether oxygens (including phenoxy) is 1. The average Bonchev–Trinajstić information content (AvgIpc) is 2.79. The summed E-state index contributed by atoms with van der Waals surface area (Å²) in [6.45, 7) is 1.40. The summed E-state index contributed by atoms with van der Waals surface area (Å²) in [6, 6.07) is 19.1. The van der Waals surface area contributed by atoms with Crippen molar-refractivity contribution in [2.24, 2.45) is 0 Å². The first kappa shape index (κ1) is 20.7. The van der Waals surface area contributed by atoms with E-state index >= 15 is 0 Å². The minimum atomic E-state index is -0.652. The molecule has 7 nitrogen and oxygen atoms in total. The van der Waals surface area contributed by atoms with Crippen LogP contribution < -0.4 is 10.6 Å². The van der Waals surface area contributed by atoms with Crippen LogP contribution in [-0.4, -0.2) is 29.4 Å². The van der Waals surface area contributed by atoms with Crippen molar-refractivity contribution in [2.45, 2.75) is 13.0 Å². The number of amides is 2. The molecule has 0 aliphatic heterocycles. The van der Waals surface area contributed by atoms with E-state index in [0.29, 0.717) is 11.3 Å². The lowest BCUT2D eigenvalue weighted by Gasteiger charge is -2.16. The van der Waals surface area contributed by atoms with Gasteiger partial charge in [0.15, 0.2) is 6.61 Å². The second kappa shape index (κ2) is 9.97. The molecule has 1 aromatic heterocycles. The number of esters is 1. The van der Waals surface area contributed by atoms with Crippen LogP contribution in [0.4, 0.5) is 5.69 Å². The molecule has 0 aliphatic rings. The first-order valence-corrected chi connectivity index (χ1v) is 9.36. The molecule has 0 bridgehead atoms. The summed E-state index contributed by atoms with van der Waals surface area (Å²) in [5, 5.41) is 5.53. The van der Waals surface area contributed by atoms with Gasteiger partial charge in [-0.3, -0.25) is 14.6 Å². The van der Waals surface area contributed by atoms with Crippen LogP contribution in [0, 0.1) is 0 Å². The molecule has 1 atom stereocenters. The molecule has 3 rings (SSSR count). The fourth-order valence-electron chi connectivity index (χ4n) is 2.77. The van der Waals surface area contributed by atoms with E-state index in [9.17, 15) is 14.4 Å². The zero-order valence-electron chi connectivity index (χ0n) is 16.4. The number of carbonyl (C=O) groups is 3. The highest BCUT2D eigenvalue weighted by molar-refractivity contribution is 6.04. The molecule has 2 aromatic carbocycles. The lowest BCUT2D eigenvalue weighted by Crippen LogP contribution is -2.28. The van der Waals surface area contributed by atoms with Crippen LogP contribution in [0.2, 0.25) is 0 Å². The topological polar surface area (TPSA) is 97.4 Å². The van der Waals surface area contributed by atoms with Crippen LogP contribution in [0.1, 0.15) is 39.2 Å². The molecule has 0 spiro atoms. The minimum absolute atomic E-state index is 0.206. The number of para-hydroxylation sites is 1. The molecule has 1 heterocycles. The van der Waals surface area contributed by atoms with Crippen molar-refractivity contribution in [3.63, 3.8) is 0 Å². The average molecular weight is 403 g/mol. The van der Waals surface area contributed by atoms with Crippen molar-refractivity contribution in [1.29, 1.82) is 0 Å². The van der Waals surface area contributed by atoms with Crippen LogP contribution in [0.25, 0.3) is 0 Å². The molecule has 2 amide bonds. The molecule has 7 heteroatoms. The highest BCUT2D eigenvalue weighted by atomic mass is 16.5. The van der Waals surface area contributed by atoms with Gasteiger partial charge in [-0.1, -0.05) is 42.5 Å². The van der Waals surface area contributed by atoms with Gasteiger partial charge in [0.05, 0.1) is 22.9 Å². The molecule has 0 saturated carbocycles. The monoisotopic (exact) mass is 403 g/mol. The highest BCUT2D eigenvalue weighted by Crippen LogP contribution is 2.18. The quantitative estimate of drug-likeness (QED) is 0.590. The molecule has 0 fully saturated rings. The zero-order chi connectivity index (χ0) is 21.3. The van der Waals surface area contributed by atoms with E-state index in [1.165, 1.54) is 12.4 Å². The van der Waals surface area contributed by atoms with Gasteiger partial charge in [-0.15, -0.1) is 0 Å². The number of anilines is 1. The maximum Gasteiger partial charge on any atom is 0.340 e.